The van der Waals surface area contributed by atoms with Crippen molar-refractivity contribution in [2.75, 3.05) is 5.75 Å². The Hall–Kier alpha value is -1.35. The van der Waals surface area contributed by atoms with Gasteiger partial charge in [-0.25, -0.2) is 0 Å². The van der Waals surface area contributed by atoms with E-state index in [1.54, 1.807) is 18.0 Å². The fraction of sp³-hybridized carbons (Fsp3) is 0.333. The number of fused-ring (bicyclic) bond motifs is 1. The zero-order valence-electron chi connectivity index (χ0n) is 10.7. The minimum Gasteiger partial charge on any atom is -0.293 e. The summed E-state index contributed by atoms with van der Waals surface area (Å²) in [5.74, 6) is 0.737. The van der Waals surface area contributed by atoms with Crippen LogP contribution in [0.25, 0.3) is 10.9 Å². The number of aromatic nitrogens is 1. The third-order valence-electron chi connectivity index (χ3n) is 3.00. The SMILES string of the molecule is CCC(C)SCC(=O)c1ccc2cccnc2c1. The van der Waals surface area contributed by atoms with Crippen LogP contribution in [0.1, 0.15) is 30.6 Å². The van der Waals surface area contributed by atoms with Crippen molar-refractivity contribution in [2.45, 2.75) is 25.5 Å². The number of Topliss-reactive ketones (excluding diaryl/α,β-unsaturated/α-hetero) is 1. The number of carbonyl (C=O) groups is 1. The molecule has 3 heteroatoms. The van der Waals surface area contributed by atoms with Crippen LogP contribution >= 0.6 is 11.8 Å². The van der Waals surface area contributed by atoms with Gasteiger partial charge in [-0.15, -0.1) is 0 Å². The van der Waals surface area contributed by atoms with Crippen LogP contribution in [0.2, 0.25) is 0 Å². The van der Waals surface area contributed by atoms with Crippen molar-refractivity contribution in [3.8, 4) is 0 Å². The Morgan fingerprint density at radius 1 is 1.39 bits per heavy atom. The predicted molar refractivity (Wildman–Crippen MR) is 78.3 cm³/mol. The molecule has 0 aliphatic rings. The van der Waals surface area contributed by atoms with Crippen molar-refractivity contribution in [1.29, 1.82) is 0 Å². The number of ketones is 1. The average Bonchev–Trinajstić information content (AvgIpc) is 2.43. The second kappa shape index (κ2) is 6.01. The number of hydrogen-bond acceptors (Lipinski definition) is 3. The van der Waals surface area contributed by atoms with Crippen LogP contribution in [0.15, 0.2) is 36.5 Å². The summed E-state index contributed by atoms with van der Waals surface area (Å²) in [6.45, 7) is 4.29. The van der Waals surface area contributed by atoms with Gasteiger partial charge in [0.2, 0.25) is 0 Å². The molecule has 0 radical (unpaired) electrons. The summed E-state index contributed by atoms with van der Waals surface area (Å²) in [5, 5.41) is 1.61. The number of hydrogen-bond donors (Lipinski definition) is 0. The molecule has 0 bridgehead atoms. The van der Waals surface area contributed by atoms with Crippen LogP contribution in [0.3, 0.4) is 0 Å². The Bertz CT molecular complexity index is 553. The minimum atomic E-state index is 0.188. The summed E-state index contributed by atoms with van der Waals surface area (Å²) in [4.78, 5) is 16.3. The molecule has 2 nitrogen and oxygen atoms in total. The highest BCUT2D eigenvalue weighted by Gasteiger charge is 2.09. The van der Waals surface area contributed by atoms with Crippen molar-refractivity contribution in [1.82, 2.24) is 4.98 Å². The summed E-state index contributed by atoms with van der Waals surface area (Å²) >= 11 is 1.71. The molecule has 94 valence electrons. The van der Waals surface area contributed by atoms with E-state index >= 15 is 0 Å². The van der Waals surface area contributed by atoms with Gasteiger partial charge in [0.25, 0.3) is 0 Å². The first-order valence-corrected chi connectivity index (χ1v) is 7.25. The van der Waals surface area contributed by atoms with Crippen LogP contribution in [0, 0.1) is 0 Å². The van der Waals surface area contributed by atoms with E-state index in [9.17, 15) is 4.79 Å². The maximum atomic E-state index is 12.1. The average molecular weight is 259 g/mol. The topological polar surface area (TPSA) is 30.0 Å². The van der Waals surface area contributed by atoms with Crippen LogP contribution in [0.4, 0.5) is 0 Å². The fourth-order valence-corrected chi connectivity index (χ4v) is 2.50. The van der Waals surface area contributed by atoms with E-state index in [-0.39, 0.29) is 5.78 Å². The van der Waals surface area contributed by atoms with Gasteiger partial charge >= 0.3 is 0 Å². The van der Waals surface area contributed by atoms with E-state index in [1.807, 2.05) is 30.3 Å². The van der Waals surface area contributed by atoms with Crippen LogP contribution in [-0.2, 0) is 0 Å². The lowest BCUT2D eigenvalue weighted by Gasteiger charge is -2.07. The van der Waals surface area contributed by atoms with E-state index in [0.717, 1.165) is 22.9 Å². The zero-order chi connectivity index (χ0) is 13.0. The molecule has 18 heavy (non-hydrogen) atoms. The number of benzene rings is 1. The molecule has 2 aromatic rings. The summed E-state index contributed by atoms with van der Waals surface area (Å²) in [5.41, 5.74) is 1.65. The molecule has 1 atom stereocenters. The second-order valence-electron chi connectivity index (χ2n) is 4.36. The van der Waals surface area contributed by atoms with Gasteiger partial charge in [0.05, 0.1) is 11.3 Å². The van der Waals surface area contributed by atoms with E-state index in [0.29, 0.717) is 11.0 Å². The minimum absolute atomic E-state index is 0.188. The first-order valence-electron chi connectivity index (χ1n) is 6.20. The van der Waals surface area contributed by atoms with Crippen LogP contribution in [-0.4, -0.2) is 21.8 Å². The van der Waals surface area contributed by atoms with Gasteiger partial charge in [-0.2, -0.15) is 11.8 Å². The van der Waals surface area contributed by atoms with E-state index < -0.39 is 0 Å². The Morgan fingerprint density at radius 2 is 2.22 bits per heavy atom. The van der Waals surface area contributed by atoms with Crippen molar-refractivity contribution < 1.29 is 4.79 Å². The zero-order valence-corrected chi connectivity index (χ0v) is 11.5. The third kappa shape index (κ3) is 3.10. The van der Waals surface area contributed by atoms with Gasteiger partial charge in [-0.3, -0.25) is 9.78 Å². The lowest BCUT2D eigenvalue weighted by Crippen LogP contribution is -2.06. The molecule has 0 spiro atoms. The maximum Gasteiger partial charge on any atom is 0.172 e. The van der Waals surface area contributed by atoms with Crippen molar-refractivity contribution in [3.63, 3.8) is 0 Å². The van der Waals surface area contributed by atoms with E-state index in [4.69, 9.17) is 0 Å². The summed E-state index contributed by atoms with van der Waals surface area (Å²) in [7, 11) is 0. The summed E-state index contributed by atoms with van der Waals surface area (Å²) in [6.07, 6.45) is 2.85. The predicted octanol–water partition coefficient (Wildman–Crippen LogP) is 3.95. The standard InChI is InChI=1S/C15H17NOS/c1-3-11(2)18-10-15(17)13-7-6-12-5-4-8-16-14(12)9-13/h4-9,11H,3,10H2,1-2H3. The van der Waals surface area contributed by atoms with E-state index in [1.165, 1.54) is 0 Å². The van der Waals surface area contributed by atoms with Crippen LogP contribution in [0.5, 0.6) is 0 Å². The summed E-state index contributed by atoms with van der Waals surface area (Å²) in [6, 6.07) is 9.65. The molecule has 0 N–H and O–H groups in total. The first-order chi connectivity index (χ1) is 8.70. The monoisotopic (exact) mass is 259 g/mol. The number of rotatable bonds is 5. The number of carbonyl (C=O) groups excluding carboxylic acids is 1. The van der Waals surface area contributed by atoms with Crippen LogP contribution < -0.4 is 0 Å². The lowest BCUT2D eigenvalue weighted by atomic mass is 10.1. The number of pyridine rings is 1. The fourth-order valence-electron chi connectivity index (χ4n) is 1.66. The van der Waals surface area contributed by atoms with Gasteiger partial charge in [0, 0.05) is 22.4 Å². The molecular weight excluding hydrogens is 242 g/mol. The molecule has 0 aliphatic heterocycles. The number of nitrogens with zero attached hydrogens (tertiary/aromatic N) is 1. The molecular formula is C15H17NOS. The Balaban J connectivity index is 2.13. The molecule has 2 rings (SSSR count). The normalized spacial score (nSPS) is 12.6. The highest BCUT2D eigenvalue weighted by molar-refractivity contribution is 8.00. The van der Waals surface area contributed by atoms with Gasteiger partial charge in [-0.1, -0.05) is 32.0 Å². The first kappa shape index (κ1) is 13.1. The Kier molecular flexibility index (Phi) is 4.37. The van der Waals surface area contributed by atoms with Gasteiger partial charge in [0.15, 0.2) is 5.78 Å². The summed E-state index contributed by atoms with van der Waals surface area (Å²) < 4.78 is 0. The van der Waals surface area contributed by atoms with Gasteiger partial charge in [0.1, 0.15) is 0 Å². The molecule has 1 unspecified atom stereocenters. The van der Waals surface area contributed by atoms with Crippen molar-refractivity contribution in [2.24, 2.45) is 0 Å². The molecule has 1 heterocycles. The molecule has 1 aromatic carbocycles. The van der Waals surface area contributed by atoms with Crippen molar-refractivity contribution in [3.05, 3.63) is 42.1 Å². The Morgan fingerprint density at radius 3 is 3.00 bits per heavy atom. The molecule has 0 saturated carbocycles. The smallest absolute Gasteiger partial charge is 0.172 e. The maximum absolute atomic E-state index is 12.1. The largest absolute Gasteiger partial charge is 0.293 e. The molecule has 0 fully saturated rings. The molecule has 0 saturated heterocycles. The third-order valence-corrected chi connectivity index (χ3v) is 4.33. The highest BCUT2D eigenvalue weighted by atomic mass is 32.2. The highest BCUT2D eigenvalue weighted by Crippen LogP contribution is 2.18. The molecule has 1 aromatic heterocycles. The van der Waals surface area contributed by atoms with Crippen molar-refractivity contribution >= 4 is 28.4 Å². The molecule has 0 amide bonds. The number of thioether (sulfide) groups is 1. The second-order valence-corrected chi connectivity index (χ2v) is 5.79. The Labute approximate surface area is 112 Å². The quantitative estimate of drug-likeness (QED) is 0.762. The van der Waals surface area contributed by atoms with Gasteiger partial charge < -0.3 is 0 Å². The van der Waals surface area contributed by atoms with Gasteiger partial charge in [-0.05, 0) is 18.6 Å². The lowest BCUT2D eigenvalue weighted by molar-refractivity contribution is 0.102. The van der Waals surface area contributed by atoms with E-state index in [2.05, 4.69) is 18.8 Å². The molecule has 0 aliphatic carbocycles.